The zero-order chi connectivity index (χ0) is 27.6. The summed E-state index contributed by atoms with van der Waals surface area (Å²) in [5, 5.41) is 0. The van der Waals surface area contributed by atoms with E-state index in [1.807, 2.05) is 0 Å². The van der Waals surface area contributed by atoms with Crippen molar-refractivity contribution >= 4 is 0 Å². The Morgan fingerprint density at radius 1 is 0.500 bits per heavy atom. The van der Waals surface area contributed by atoms with Crippen LogP contribution in [0.25, 0.3) is 0 Å². The van der Waals surface area contributed by atoms with Crippen LogP contribution >= 0.6 is 0 Å². The van der Waals surface area contributed by atoms with Gasteiger partial charge in [0.05, 0.1) is 19.6 Å². The topological polar surface area (TPSA) is 9.23 Å². The fourth-order valence-corrected chi connectivity index (χ4v) is 5.95. The molecule has 0 aliphatic carbocycles. The molecule has 2 heteroatoms. The lowest BCUT2D eigenvalue weighted by Crippen LogP contribution is -2.52. The summed E-state index contributed by atoms with van der Waals surface area (Å²) in [7, 11) is 0. The Kier molecular flexibility index (Phi) is 23.0. The Bertz CT molecular complexity index is 582. The molecule has 0 aliphatic rings. The van der Waals surface area contributed by atoms with Gasteiger partial charge in [-0.3, -0.25) is 0 Å². The fraction of sp³-hybridized carbons (Fsp3) is 0.833. The Morgan fingerprint density at radius 3 is 1.29 bits per heavy atom. The first-order valence-corrected chi connectivity index (χ1v) is 17.2. The molecule has 0 amide bonds. The Morgan fingerprint density at radius 2 is 0.895 bits per heavy atom. The minimum absolute atomic E-state index is 0.854. The van der Waals surface area contributed by atoms with Gasteiger partial charge in [0.25, 0.3) is 0 Å². The SMILES string of the molecule is CCCCCCCCC[N+](CCCCCCCCC)(CCCCCCCCC)CCOc1cccc(C)c1. The van der Waals surface area contributed by atoms with Gasteiger partial charge in [0.1, 0.15) is 18.9 Å². The predicted molar refractivity (Wildman–Crippen MR) is 170 cm³/mol. The molecule has 0 bridgehead atoms. The largest absolute Gasteiger partial charge is 0.488 e. The highest BCUT2D eigenvalue weighted by atomic mass is 16.5. The highest BCUT2D eigenvalue weighted by molar-refractivity contribution is 5.27. The third-order valence-corrected chi connectivity index (χ3v) is 8.53. The number of ether oxygens (including phenoxy) is 1. The number of hydrogen-bond acceptors (Lipinski definition) is 1. The van der Waals surface area contributed by atoms with Crippen molar-refractivity contribution in [3.05, 3.63) is 29.8 Å². The van der Waals surface area contributed by atoms with Gasteiger partial charge in [-0.2, -0.15) is 0 Å². The van der Waals surface area contributed by atoms with E-state index in [-0.39, 0.29) is 0 Å². The second kappa shape index (κ2) is 25.0. The summed E-state index contributed by atoms with van der Waals surface area (Å²) in [5.74, 6) is 1.05. The van der Waals surface area contributed by atoms with Crippen molar-refractivity contribution in [1.82, 2.24) is 0 Å². The van der Waals surface area contributed by atoms with Gasteiger partial charge < -0.3 is 9.22 Å². The summed E-state index contributed by atoms with van der Waals surface area (Å²) in [6, 6.07) is 8.61. The van der Waals surface area contributed by atoms with Crippen molar-refractivity contribution in [3.63, 3.8) is 0 Å². The van der Waals surface area contributed by atoms with E-state index in [2.05, 4.69) is 52.0 Å². The molecular weight excluding hydrogens is 462 g/mol. The fourth-order valence-electron chi connectivity index (χ4n) is 5.95. The van der Waals surface area contributed by atoms with E-state index in [9.17, 15) is 0 Å². The molecule has 0 aromatic heterocycles. The lowest BCUT2D eigenvalue weighted by atomic mass is 10.1. The molecule has 38 heavy (non-hydrogen) atoms. The molecule has 0 N–H and O–H groups in total. The lowest BCUT2D eigenvalue weighted by Gasteiger charge is -2.39. The van der Waals surface area contributed by atoms with Gasteiger partial charge in [0.2, 0.25) is 0 Å². The highest BCUT2D eigenvalue weighted by Crippen LogP contribution is 2.20. The van der Waals surface area contributed by atoms with Gasteiger partial charge in [-0.1, -0.05) is 129 Å². The number of hydrogen-bond donors (Lipinski definition) is 0. The van der Waals surface area contributed by atoms with E-state index >= 15 is 0 Å². The van der Waals surface area contributed by atoms with Crippen LogP contribution in [-0.4, -0.2) is 37.3 Å². The number of quaternary nitrogens is 1. The van der Waals surface area contributed by atoms with Crippen LogP contribution in [0, 0.1) is 6.92 Å². The van der Waals surface area contributed by atoms with E-state index < -0.39 is 0 Å². The summed E-state index contributed by atoms with van der Waals surface area (Å²) in [6.45, 7) is 15.2. The zero-order valence-electron chi connectivity index (χ0n) is 26.5. The van der Waals surface area contributed by atoms with Crippen LogP contribution in [0.15, 0.2) is 24.3 Å². The van der Waals surface area contributed by atoms with Crippen LogP contribution < -0.4 is 4.74 Å². The Labute approximate surface area is 239 Å². The Hall–Kier alpha value is -1.02. The first kappa shape index (κ1) is 35.0. The average molecular weight is 531 g/mol. The molecule has 0 saturated carbocycles. The third kappa shape index (κ3) is 19.1. The van der Waals surface area contributed by atoms with Crippen molar-refractivity contribution < 1.29 is 9.22 Å². The summed E-state index contributed by atoms with van der Waals surface area (Å²) < 4.78 is 7.64. The quantitative estimate of drug-likeness (QED) is 0.0773. The number of nitrogens with zero attached hydrogens (tertiary/aromatic N) is 1. The second-order valence-electron chi connectivity index (χ2n) is 12.3. The number of rotatable bonds is 28. The molecule has 2 nitrogen and oxygen atoms in total. The van der Waals surface area contributed by atoms with Crippen molar-refractivity contribution in [3.8, 4) is 5.75 Å². The van der Waals surface area contributed by atoms with E-state index in [0.29, 0.717) is 0 Å². The molecule has 0 aliphatic heterocycles. The van der Waals surface area contributed by atoms with Gasteiger partial charge in [-0.15, -0.1) is 0 Å². The first-order valence-electron chi connectivity index (χ1n) is 17.2. The maximum absolute atomic E-state index is 6.34. The van der Waals surface area contributed by atoms with E-state index in [0.717, 1.165) is 12.4 Å². The van der Waals surface area contributed by atoms with Gasteiger partial charge in [0, 0.05) is 0 Å². The molecule has 222 valence electrons. The molecule has 0 fully saturated rings. The number of benzene rings is 1. The summed E-state index contributed by atoms with van der Waals surface area (Å²) in [6.07, 6.45) is 29.5. The molecule has 0 spiro atoms. The van der Waals surface area contributed by atoms with Crippen molar-refractivity contribution in [2.45, 2.75) is 163 Å². The standard InChI is InChI=1S/C36H68NO/c1-5-8-11-14-17-20-23-29-37(30-24-21-18-15-12-9-6-2,31-25-22-19-16-13-10-7-3)32-33-38-36-28-26-27-35(4)34-36/h26-28,34H,5-25,29-33H2,1-4H3/q+1. The van der Waals surface area contributed by atoms with Gasteiger partial charge in [0.15, 0.2) is 0 Å². The molecule has 0 radical (unpaired) electrons. The van der Waals surface area contributed by atoms with Crippen LogP contribution in [0.2, 0.25) is 0 Å². The minimum atomic E-state index is 0.854. The summed E-state index contributed by atoms with van der Waals surface area (Å²) in [4.78, 5) is 0. The molecule has 0 unspecified atom stereocenters. The first-order chi connectivity index (χ1) is 18.7. The Balaban J connectivity index is 2.70. The molecule has 0 atom stereocenters. The van der Waals surface area contributed by atoms with Crippen molar-refractivity contribution in [2.75, 3.05) is 32.8 Å². The summed E-state index contributed by atoms with van der Waals surface area (Å²) >= 11 is 0. The molecule has 1 aromatic carbocycles. The van der Waals surface area contributed by atoms with Gasteiger partial charge >= 0.3 is 0 Å². The smallest absolute Gasteiger partial charge is 0.137 e. The van der Waals surface area contributed by atoms with E-state index in [1.165, 1.54) is 171 Å². The van der Waals surface area contributed by atoms with Crippen LogP contribution in [0.4, 0.5) is 0 Å². The van der Waals surface area contributed by atoms with Crippen LogP contribution in [0.3, 0.4) is 0 Å². The second-order valence-corrected chi connectivity index (χ2v) is 12.3. The maximum atomic E-state index is 6.34. The number of unbranched alkanes of at least 4 members (excludes halogenated alkanes) is 18. The summed E-state index contributed by atoms with van der Waals surface area (Å²) in [5.41, 5.74) is 1.29. The zero-order valence-corrected chi connectivity index (χ0v) is 26.5. The van der Waals surface area contributed by atoms with Gasteiger partial charge in [-0.25, -0.2) is 0 Å². The predicted octanol–water partition coefficient (Wildman–Crippen LogP) is 11.4. The third-order valence-electron chi connectivity index (χ3n) is 8.53. The highest BCUT2D eigenvalue weighted by Gasteiger charge is 2.26. The molecule has 1 aromatic rings. The van der Waals surface area contributed by atoms with Crippen LogP contribution in [-0.2, 0) is 0 Å². The van der Waals surface area contributed by atoms with Gasteiger partial charge in [-0.05, 0) is 63.1 Å². The van der Waals surface area contributed by atoms with E-state index in [4.69, 9.17) is 4.74 Å². The average Bonchev–Trinajstić information content (AvgIpc) is 2.91. The normalized spacial score (nSPS) is 11.8. The van der Waals surface area contributed by atoms with E-state index in [1.54, 1.807) is 0 Å². The van der Waals surface area contributed by atoms with Crippen molar-refractivity contribution in [2.24, 2.45) is 0 Å². The molecular formula is C36H68NO+. The lowest BCUT2D eigenvalue weighted by molar-refractivity contribution is -0.928. The van der Waals surface area contributed by atoms with Crippen LogP contribution in [0.5, 0.6) is 5.75 Å². The molecule has 0 saturated heterocycles. The van der Waals surface area contributed by atoms with Crippen molar-refractivity contribution in [1.29, 1.82) is 0 Å². The minimum Gasteiger partial charge on any atom is -0.488 e. The maximum Gasteiger partial charge on any atom is 0.137 e. The molecule has 1 rings (SSSR count). The monoisotopic (exact) mass is 531 g/mol. The molecule has 0 heterocycles. The van der Waals surface area contributed by atoms with Crippen LogP contribution in [0.1, 0.15) is 161 Å². The number of aryl methyl sites for hydroxylation is 1.